The maximum absolute atomic E-state index is 12.0. The quantitative estimate of drug-likeness (QED) is 0.840. The molecule has 0 aromatic heterocycles. The Bertz CT molecular complexity index is 471. The van der Waals surface area contributed by atoms with Crippen LogP contribution in [0.25, 0.3) is 0 Å². The summed E-state index contributed by atoms with van der Waals surface area (Å²) in [7, 11) is 0. The van der Waals surface area contributed by atoms with E-state index in [4.69, 9.17) is 0 Å². The van der Waals surface area contributed by atoms with Crippen LogP contribution in [0.4, 0.5) is 0 Å². The lowest BCUT2D eigenvalue weighted by molar-refractivity contribution is 0.0936. The van der Waals surface area contributed by atoms with Crippen LogP contribution in [-0.4, -0.2) is 5.91 Å². The first-order valence-electron chi connectivity index (χ1n) is 6.19. The van der Waals surface area contributed by atoms with Crippen molar-refractivity contribution in [2.24, 2.45) is 5.92 Å². The zero-order valence-corrected chi connectivity index (χ0v) is 12.0. The minimum atomic E-state index is -0.124. The lowest BCUT2D eigenvalue weighted by Gasteiger charge is -2.22. The summed E-state index contributed by atoms with van der Waals surface area (Å²) in [6, 6.07) is 7.39. The lowest BCUT2D eigenvalue weighted by Crippen LogP contribution is -2.39. The highest BCUT2D eigenvalue weighted by Gasteiger charge is 2.14. The van der Waals surface area contributed by atoms with E-state index < -0.39 is 0 Å². The van der Waals surface area contributed by atoms with Crippen LogP contribution in [0, 0.1) is 5.92 Å². The highest BCUT2D eigenvalue weighted by Crippen LogP contribution is 2.21. The number of halogens is 1. The van der Waals surface area contributed by atoms with Crippen LogP contribution >= 0.6 is 15.9 Å². The Morgan fingerprint density at radius 3 is 2.89 bits per heavy atom. The van der Waals surface area contributed by atoms with Crippen molar-refractivity contribution in [1.29, 1.82) is 0 Å². The van der Waals surface area contributed by atoms with E-state index in [9.17, 15) is 4.79 Å². The van der Waals surface area contributed by atoms with E-state index in [1.54, 1.807) is 6.07 Å². The Morgan fingerprint density at radius 2 is 2.17 bits per heavy atom. The van der Waals surface area contributed by atoms with Crippen LogP contribution < -0.4 is 10.9 Å². The van der Waals surface area contributed by atoms with Crippen molar-refractivity contribution in [2.75, 3.05) is 0 Å². The van der Waals surface area contributed by atoms with Crippen LogP contribution in [0.3, 0.4) is 0 Å². The van der Waals surface area contributed by atoms with Gasteiger partial charge in [0.15, 0.2) is 0 Å². The fourth-order valence-electron chi connectivity index (χ4n) is 2.05. The summed E-state index contributed by atoms with van der Waals surface area (Å²) in [5.41, 5.74) is 7.54. The third kappa shape index (κ3) is 3.13. The molecule has 0 unspecified atom stereocenters. The zero-order valence-electron chi connectivity index (χ0n) is 10.4. The van der Waals surface area contributed by atoms with E-state index in [2.05, 4.69) is 39.8 Å². The van der Waals surface area contributed by atoms with Gasteiger partial charge in [0, 0.05) is 10.2 Å². The van der Waals surface area contributed by atoms with E-state index in [1.807, 2.05) is 18.2 Å². The number of hydrazine groups is 1. The minimum Gasteiger partial charge on any atom is -0.303 e. The topological polar surface area (TPSA) is 41.1 Å². The predicted molar refractivity (Wildman–Crippen MR) is 75.8 cm³/mol. The molecule has 18 heavy (non-hydrogen) atoms. The fraction of sp³-hybridized carbons (Fsp3) is 0.357. The number of hydrogen-bond acceptors (Lipinski definition) is 2. The van der Waals surface area contributed by atoms with Crippen molar-refractivity contribution in [1.82, 2.24) is 10.9 Å². The molecule has 0 spiro atoms. The fourth-order valence-corrected chi connectivity index (χ4v) is 2.52. The molecule has 2 N–H and O–H groups in total. The molecule has 2 rings (SSSR count). The summed E-state index contributed by atoms with van der Waals surface area (Å²) >= 11 is 3.37. The van der Waals surface area contributed by atoms with Gasteiger partial charge in [0.25, 0.3) is 5.91 Å². The second-order valence-electron chi connectivity index (χ2n) is 4.55. The normalized spacial score (nSPS) is 19.0. The van der Waals surface area contributed by atoms with Crippen LogP contribution in [0.15, 0.2) is 40.5 Å². The number of hydrogen-bond donors (Lipinski definition) is 2. The van der Waals surface area contributed by atoms with Crippen molar-refractivity contribution >= 4 is 21.8 Å². The molecule has 1 aromatic carbocycles. The molecule has 1 aromatic rings. The molecule has 0 saturated heterocycles. The Balaban J connectivity index is 1.97. The van der Waals surface area contributed by atoms with Gasteiger partial charge in [0.1, 0.15) is 0 Å². The number of amides is 1. The van der Waals surface area contributed by atoms with Gasteiger partial charge in [-0.15, -0.1) is 0 Å². The second kappa shape index (κ2) is 6.05. The van der Waals surface area contributed by atoms with Gasteiger partial charge in [-0.2, -0.15) is 0 Å². The van der Waals surface area contributed by atoms with Gasteiger partial charge in [0.05, 0.1) is 5.56 Å². The van der Waals surface area contributed by atoms with Crippen molar-refractivity contribution < 1.29 is 4.79 Å². The maximum atomic E-state index is 12.0. The molecule has 0 radical (unpaired) electrons. The molecule has 0 aliphatic heterocycles. The van der Waals surface area contributed by atoms with Gasteiger partial charge < -0.3 is 5.43 Å². The number of nitrogens with one attached hydrogen (secondary N) is 2. The van der Waals surface area contributed by atoms with E-state index in [0.717, 1.165) is 16.6 Å². The van der Waals surface area contributed by atoms with Crippen LogP contribution in [-0.2, 0) is 0 Å². The number of rotatable bonds is 3. The summed E-state index contributed by atoms with van der Waals surface area (Å²) in [5, 5.41) is 0. The van der Waals surface area contributed by atoms with Crippen molar-refractivity contribution in [2.45, 2.75) is 26.2 Å². The summed E-state index contributed by atoms with van der Waals surface area (Å²) in [6.07, 6.45) is 5.64. The van der Waals surface area contributed by atoms with Gasteiger partial charge in [-0.05, 0) is 53.2 Å². The summed E-state index contributed by atoms with van der Waals surface area (Å²) in [6.45, 7) is 2.17. The maximum Gasteiger partial charge on any atom is 0.270 e. The van der Waals surface area contributed by atoms with Crippen LogP contribution in [0.5, 0.6) is 0 Å². The van der Waals surface area contributed by atoms with Crippen LogP contribution in [0.2, 0.25) is 0 Å². The molecule has 0 saturated carbocycles. The van der Waals surface area contributed by atoms with Crippen molar-refractivity contribution in [3.8, 4) is 0 Å². The standard InChI is InChI=1S/C14H17BrN2O/c1-10-6-2-5-9-13(10)16-17-14(18)11-7-3-4-8-12(11)15/h3-4,7-10,16H,2,5-6H2,1H3,(H,17,18)/t10-/m1/s1. The molecular formula is C14H17BrN2O. The Labute approximate surface area is 116 Å². The van der Waals surface area contributed by atoms with Gasteiger partial charge in [0.2, 0.25) is 0 Å². The lowest BCUT2D eigenvalue weighted by atomic mass is 9.94. The molecule has 1 amide bonds. The van der Waals surface area contributed by atoms with Crippen LogP contribution in [0.1, 0.15) is 36.5 Å². The Morgan fingerprint density at radius 1 is 1.39 bits per heavy atom. The molecule has 1 atom stereocenters. The molecule has 0 heterocycles. The van der Waals surface area contributed by atoms with E-state index in [-0.39, 0.29) is 5.91 Å². The smallest absolute Gasteiger partial charge is 0.270 e. The van der Waals surface area contributed by atoms with Crippen molar-refractivity contribution in [3.05, 3.63) is 46.1 Å². The highest BCUT2D eigenvalue weighted by atomic mass is 79.9. The molecule has 0 bridgehead atoms. The number of carbonyl (C=O) groups excluding carboxylic acids is 1. The molecule has 0 fully saturated rings. The third-order valence-electron chi connectivity index (χ3n) is 3.18. The zero-order chi connectivity index (χ0) is 13.0. The van der Waals surface area contributed by atoms with E-state index >= 15 is 0 Å². The Hall–Kier alpha value is -1.29. The second-order valence-corrected chi connectivity index (χ2v) is 5.40. The van der Waals surface area contributed by atoms with Crippen molar-refractivity contribution in [3.63, 3.8) is 0 Å². The van der Waals surface area contributed by atoms with Gasteiger partial charge in [-0.3, -0.25) is 10.2 Å². The summed E-state index contributed by atoms with van der Waals surface area (Å²) in [4.78, 5) is 12.0. The number of carbonyl (C=O) groups is 1. The average molecular weight is 309 g/mol. The molecular weight excluding hydrogens is 292 g/mol. The summed E-state index contributed by atoms with van der Waals surface area (Å²) < 4.78 is 0.801. The number of allylic oxidation sites excluding steroid dienone is 2. The highest BCUT2D eigenvalue weighted by molar-refractivity contribution is 9.10. The monoisotopic (exact) mass is 308 g/mol. The Kier molecular flexibility index (Phi) is 4.42. The first kappa shape index (κ1) is 13.1. The predicted octanol–water partition coefficient (Wildman–Crippen LogP) is 3.39. The van der Waals surface area contributed by atoms with E-state index in [1.165, 1.54) is 12.8 Å². The van der Waals surface area contributed by atoms with Gasteiger partial charge >= 0.3 is 0 Å². The average Bonchev–Trinajstić information content (AvgIpc) is 2.38. The molecule has 1 aliphatic carbocycles. The molecule has 96 valence electrons. The minimum absolute atomic E-state index is 0.124. The molecule has 4 heteroatoms. The van der Waals surface area contributed by atoms with Gasteiger partial charge in [-0.1, -0.05) is 25.1 Å². The molecule has 1 aliphatic rings. The number of benzene rings is 1. The molecule has 3 nitrogen and oxygen atoms in total. The van der Waals surface area contributed by atoms with Gasteiger partial charge in [-0.25, -0.2) is 0 Å². The summed E-state index contributed by atoms with van der Waals surface area (Å²) in [5.74, 6) is 0.361. The first-order chi connectivity index (χ1) is 8.68. The largest absolute Gasteiger partial charge is 0.303 e. The first-order valence-corrected chi connectivity index (χ1v) is 6.98. The third-order valence-corrected chi connectivity index (χ3v) is 3.87. The SMILES string of the molecule is C[C@@H]1CCCC=C1NNC(=O)c1ccccc1Br. The van der Waals surface area contributed by atoms with E-state index in [0.29, 0.717) is 11.5 Å².